The number of hydrogen-bond acceptors (Lipinski definition) is 8. The van der Waals surface area contributed by atoms with E-state index in [0.29, 0.717) is 47.8 Å². The monoisotopic (exact) mass is 511 g/mol. The van der Waals surface area contributed by atoms with Crippen molar-refractivity contribution in [1.82, 2.24) is 5.32 Å². The van der Waals surface area contributed by atoms with Crippen LogP contribution < -0.4 is 14.8 Å². The van der Waals surface area contributed by atoms with Crippen molar-refractivity contribution < 1.29 is 28.5 Å². The van der Waals surface area contributed by atoms with Crippen LogP contribution in [-0.2, 0) is 19.1 Å². The summed E-state index contributed by atoms with van der Waals surface area (Å²) in [5.74, 6) is 0.436. The number of rotatable bonds is 9. The van der Waals surface area contributed by atoms with Crippen LogP contribution in [0.4, 0.5) is 0 Å². The van der Waals surface area contributed by atoms with E-state index in [0.717, 1.165) is 16.1 Å². The van der Waals surface area contributed by atoms with E-state index in [-0.39, 0.29) is 24.4 Å². The second kappa shape index (κ2) is 11.3. The number of ketones is 1. The molecule has 0 radical (unpaired) electrons. The van der Waals surface area contributed by atoms with Gasteiger partial charge < -0.3 is 24.3 Å². The summed E-state index contributed by atoms with van der Waals surface area (Å²) in [5.41, 5.74) is 3.73. The molecule has 1 aliphatic heterocycles. The van der Waals surface area contributed by atoms with Gasteiger partial charge in [-0.25, -0.2) is 4.79 Å². The number of hydrogen-bond donors (Lipinski definition) is 1. The molecular formula is C28H33NO6S. The van der Waals surface area contributed by atoms with Crippen molar-refractivity contribution in [2.24, 2.45) is 0 Å². The van der Waals surface area contributed by atoms with Gasteiger partial charge in [-0.2, -0.15) is 0 Å². The topological polar surface area (TPSA) is 83.1 Å². The number of methoxy groups -OCH3 is 2. The van der Waals surface area contributed by atoms with Gasteiger partial charge in [-0.1, -0.05) is 12.1 Å². The lowest BCUT2D eigenvalue weighted by Crippen LogP contribution is -2.36. The van der Waals surface area contributed by atoms with Crippen molar-refractivity contribution >= 4 is 23.1 Å². The van der Waals surface area contributed by atoms with Crippen molar-refractivity contribution in [2.75, 3.05) is 27.4 Å². The molecule has 7 nitrogen and oxygen atoms in total. The van der Waals surface area contributed by atoms with Gasteiger partial charge in [0.05, 0.1) is 38.4 Å². The summed E-state index contributed by atoms with van der Waals surface area (Å²) in [4.78, 5) is 27.8. The Morgan fingerprint density at radius 3 is 2.56 bits per heavy atom. The van der Waals surface area contributed by atoms with Crippen LogP contribution in [-0.4, -0.2) is 45.3 Å². The predicted molar refractivity (Wildman–Crippen MR) is 138 cm³/mol. The Morgan fingerprint density at radius 2 is 1.89 bits per heavy atom. The molecule has 1 aliphatic carbocycles. The molecule has 0 fully saturated rings. The van der Waals surface area contributed by atoms with Crippen LogP contribution in [0.1, 0.15) is 55.9 Å². The molecule has 0 saturated carbocycles. The van der Waals surface area contributed by atoms with Crippen molar-refractivity contribution in [3.63, 3.8) is 0 Å². The molecule has 0 saturated heterocycles. The maximum atomic E-state index is 13.7. The molecule has 1 N–H and O–H groups in total. The standard InChI is InChI=1S/C28H33NO6S/c1-16(2)34-10-11-35-28(31)25-17(3)29-20-13-19(18-8-9-22(32-4)23(15-18)33-5)14-21(30)26(20)27(25)24-7-6-12-36-24/h6-9,12,15-16,19,27,29H,10-11,13-14H2,1-5H3/t19-,27-/m1/s1. The van der Waals surface area contributed by atoms with E-state index in [1.54, 1.807) is 14.2 Å². The zero-order valence-corrected chi connectivity index (χ0v) is 22.2. The van der Waals surface area contributed by atoms with Crippen LogP contribution in [0.5, 0.6) is 11.5 Å². The number of carbonyl (C=O) groups is 2. The average Bonchev–Trinajstić information content (AvgIpc) is 3.39. The summed E-state index contributed by atoms with van der Waals surface area (Å²) in [6.45, 7) is 6.23. The Balaban J connectivity index is 1.63. The van der Waals surface area contributed by atoms with Crippen molar-refractivity contribution in [2.45, 2.75) is 51.6 Å². The van der Waals surface area contributed by atoms with Crippen molar-refractivity contribution in [3.8, 4) is 11.5 Å². The van der Waals surface area contributed by atoms with Gasteiger partial charge in [0.25, 0.3) is 0 Å². The maximum Gasteiger partial charge on any atom is 0.336 e. The number of thiophene rings is 1. The fourth-order valence-electron chi connectivity index (χ4n) is 4.89. The molecule has 1 aromatic carbocycles. The van der Waals surface area contributed by atoms with Gasteiger partial charge in [0.15, 0.2) is 17.3 Å². The molecule has 8 heteroatoms. The molecule has 2 aromatic rings. The second-order valence-electron chi connectivity index (χ2n) is 9.20. The molecule has 1 aromatic heterocycles. The highest BCUT2D eigenvalue weighted by atomic mass is 32.1. The number of nitrogens with one attached hydrogen (secondary N) is 1. The van der Waals surface area contributed by atoms with E-state index in [4.69, 9.17) is 18.9 Å². The van der Waals surface area contributed by atoms with Gasteiger partial charge in [0.1, 0.15) is 6.61 Å². The van der Waals surface area contributed by atoms with Crippen molar-refractivity contribution in [3.05, 3.63) is 68.7 Å². The van der Waals surface area contributed by atoms with E-state index in [9.17, 15) is 9.59 Å². The summed E-state index contributed by atoms with van der Waals surface area (Å²) >= 11 is 1.54. The summed E-state index contributed by atoms with van der Waals surface area (Å²) in [6.07, 6.45) is 1.06. The van der Waals surface area contributed by atoms with E-state index < -0.39 is 11.9 Å². The smallest absolute Gasteiger partial charge is 0.336 e. The number of dihydropyridines is 1. The Hall–Kier alpha value is -3.10. The molecule has 4 rings (SSSR count). The fourth-order valence-corrected chi connectivity index (χ4v) is 5.73. The van der Waals surface area contributed by atoms with Crippen molar-refractivity contribution in [1.29, 1.82) is 0 Å². The number of benzene rings is 1. The molecule has 36 heavy (non-hydrogen) atoms. The van der Waals surface area contributed by atoms with Gasteiger partial charge in [-0.15, -0.1) is 11.3 Å². The summed E-state index contributed by atoms with van der Waals surface area (Å²) < 4.78 is 21.9. The van der Waals surface area contributed by atoms with Crippen LogP contribution in [0.2, 0.25) is 0 Å². The Kier molecular flexibility index (Phi) is 8.16. The largest absolute Gasteiger partial charge is 0.493 e. The Bertz CT molecular complexity index is 1180. The molecule has 0 spiro atoms. The molecular weight excluding hydrogens is 478 g/mol. The van der Waals surface area contributed by atoms with Crippen LogP contribution >= 0.6 is 11.3 Å². The zero-order valence-electron chi connectivity index (χ0n) is 21.4. The molecule has 0 bridgehead atoms. The van der Waals surface area contributed by atoms with E-state index in [2.05, 4.69) is 5.32 Å². The number of Topliss-reactive ketones (excluding diaryl/α,β-unsaturated/α-hetero) is 1. The Labute approximate surface area is 216 Å². The van der Waals surface area contributed by atoms with Gasteiger partial charge in [0, 0.05) is 28.3 Å². The highest BCUT2D eigenvalue weighted by Crippen LogP contribution is 2.47. The number of esters is 1. The third-order valence-corrected chi connectivity index (χ3v) is 7.46. The third kappa shape index (κ3) is 5.34. The predicted octanol–water partition coefficient (Wildman–Crippen LogP) is 5.10. The molecule has 0 amide bonds. The van der Waals surface area contributed by atoms with Gasteiger partial charge in [0.2, 0.25) is 0 Å². The first-order valence-corrected chi connectivity index (χ1v) is 13.0. The van der Waals surface area contributed by atoms with Gasteiger partial charge >= 0.3 is 5.97 Å². The quantitative estimate of drug-likeness (QED) is 0.371. The summed E-state index contributed by atoms with van der Waals surface area (Å²) in [7, 11) is 3.21. The average molecular weight is 512 g/mol. The molecule has 2 atom stereocenters. The van der Waals surface area contributed by atoms with Gasteiger partial charge in [-0.05, 0) is 62.3 Å². The van der Waals surface area contributed by atoms with Crippen LogP contribution in [0.25, 0.3) is 0 Å². The van der Waals surface area contributed by atoms with Crippen LogP contribution in [0.3, 0.4) is 0 Å². The van der Waals surface area contributed by atoms with E-state index in [1.165, 1.54) is 11.3 Å². The molecule has 2 heterocycles. The minimum atomic E-state index is -0.446. The maximum absolute atomic E-state index is 13.7. The number of carbonyl (C=O) groups excluding carboxylic acids is 2. The minimum Gasteiger partial charge on any atom is -0.493 e. The normalized spacial score (nSPS) is 19.8. The SMILES string of the molecule is COc1ccc([C@H]2CC(=O)C3=C(C2)NC(C)=C(C(=O)OCCOC(C)C)[C@H]3c2cccs2)cc1OC. The van der Waals surface area contributed by atoms with E-state index in [1.807, 2.05) is 56.5 Å². The lowest BCUT2D eigenvalue weighted by atomic mass is 9.73. The van der Waals surface area contributed by atoms with Crippen LogP contribution in [0.15, 0.2) is 58.3 Å². The second-order valence-corrected chi connectivity index (χ2v) is 10.2. The number of ether oxygens (including phenoxy) is 4. The van der Waals surface area contributed by atoms with Crippen LogP contribution in [0, 0.1) is 0 Å². The highest BCUT2D eigenvalue weighted by Gasteiger charge is 2.42. The first kappa shape index (κ1) is 26.0. The fraction of sp³-hybridized carbons (Fsp3) is 0.429. The first-order chi connectivity index (χ1) is 17.3. The molecule has 192 valence electrons. The zero-order chi connectivity index (χ0) is 25.8. The highest BCUT2D eigenvalue weighted by molar-refractivity contribution is 7.10. The minimum absolute atomic E-state index is 0.0120. The summed E-state index contributed by atoms with van der Waals surface area (Å²) in [5, 5.41) is 5.35. The molecule has 2 aliphatic rings. The Morgan fingerprint density at radius 1 is 1.11 bits per heavy atom. The van der Waals surface area contributed by atoms with E-state index >= 15 is 0 Å². The molecule has 0 unspecified atom stereocenters. The lowest BCUT2D eigenvalue weighted by molar-refractivity contribution is -0.141. The summed E-state index contributed by atoms with van der Waals surface area (Å²) in [6, 6.07) is 9.70. The first-order valence-electron chi connectivity index (χ1n) is 12.1. The lowest BCUT2D eigenvalue weighted by Gasteiger charge is -2.36. The number of allylic oxidation sites excluding steroid dienone is 3. The van der Waals surface area contributed by atoms with Gasteiger partial charge in [-0.3, -0.25) is 4.79 Å². The third-order valence-electron chi connectivity index (χ3n) is 6.52.